The Labute approximate surface area is 124 Å². The number of amides is 1. The Bertz CT molecular complexity index is 732. The molecule has 4 nitrogen and oxygen atoms in total. The number of aromatic nitrogens is 1. The van der Waals surface area contributed by atoms with Crippen LogP contribution in [0.4, 0.5) is 24.5 Å². The van der Waals surface area contributed by atoms with Gasteiger partial charge in [0, 0.05) is 17.9 Å². The Kier molecular flexibility index (Phi) is 3.70. The molecule has 0 atom stereocenters. The molecule has 1 saturated carbocycles. The summed E-state index contributed by atoms with van der Waals surface area (Å²) in [5.41, 5.74) is 0.342. The molecule has 1 aliphatic carbocycles. The van der Waals surface area contributed by atoms with Crippen molar-refractivity contribution < 1.29 is 18.0 Å². The van der Waals surface area contributed by atoms with Crippen molar-refractivity contribution in [2.45, 2.75) is 18.9 Å². The standard InChI is InChI=1S/C15H12F3N3O/c16-10-3-4-11(14(18)13(10)17)21-15(22)12-7-9(5-6-19-12)20-8-1-2-8/h3-8H,1-2H2,(H,19,20)(H,21,22). The Morgan fingerprint density at radius 1 is 1.14 bits per heavy atom. The van der Waals surface area contributed by atoms with Crippen molar-refractivity contribution in [2.75, 3.05) is 10.6 Å². The summed E-state index contributed by atoms with van der Waals surface area (Å²) in [7, 11) is 0. The predicted octanol–water partition coefficient (Wildman–Crippen LogP) is 3.33. The van der Waals surface area contributed by atoms with Crippen molar-refractivity contribution in [1.29, 1.82) is 0 Å². The SMILES string of the molecule is O=C(Nc1ccc(F)c(F)c1F)c1cc(NC2CC2)ccn1. The van der Waals surface area contributed by atoms with Gasteiger partial charge in [-0.25, -0.2) is 13.2 Å². The first kappa shape index (κ1) is 14.4. The third-order valence-corrected chi connectivity index (χ3v) is 3.22. The van der Waals surface area contributed by atoms with Crippen LogP contribution in [0.15, 0.2) is 30.5 Å². The summed E-state index contributed by atoms with van der Waals surface area (Å²) in [6.45, 7) is 0. The lowest BCUT2D eigenvalue weighted by atomic mass is 10.2. The highest BCUT2D eigenvalue weighted by Crippen LogP contribution is 2.25. The van der Waals surface area contributed by atoms with Gasteiger partial charge in [0.1, 0.15) is 5.69 Å². The molecule has 0 saturated heterocycles. The lowest BCUT2D eigenvalue weighted by Crippen LogP contribution is -2.16. The maximum absolute atomic E-state index is 13.5. The molecule has 0 unspecified atom stereocenters. The zero-order valence-corrected chi connectivity index (χ0v) is 11.4. The van der Waals surface area contributed by atoms with Crippen LogP contribution in [0.5, 0.6) is 0 Å². The first-order valence-corrected chi connectivity index (χ1v) is 6.72. The van der Waals surface area contributed by atoms with Crippen molar-refractivity contribution in [3.63, 3.8) is 0 Å². The van der Waals surface area contributed by atoms with Crippen molar-refractivity contribution in [2.24, 2.45) is 0 Å². The van der Waals surface area contributed by atoms with E-state index in [4.69, 9.17) is 0 Å². The summed E-state index contributed by atoms with van der Waals surface area (Å²) in [4.78, 5) is 15.9. The van der Waals surface area contributed by atoms with Gasteiger partial charge in [0.25, 0.3) is 5.91 Å². The summed E-state index contributed by atoms with van der Waals surface area (Å²) >= 11 is 0. The van der Waals surface area contributed by atoms with E-state index in [9.17, 15) is 18.0 Å². The normalized spacial score (nSPS) is 13.8. The fourth-order valence-corrected chi connectivity index (χ4v) is 1.92. The summed E-state index contributed by atoms with van der Waals surface area (Å²) in [6, 6.07) is 5.34. The number of hydrogen-bond acceptors (Lipinski definition) is 3. The number of halogens is 3. The zero-order chi connectivity index (χ0) is 15.7. The Morgan fingerprint density at radius 2 is 1.91 bits per heavy atom. The highest BCUT2D eigenvalue weighted by atomic mass is 19.2. The quantitative estimate of drug-likeness (QED) is 0.852. The molecule has 0 radical (unpaired) electrons. The largest absolute Gasteiger partial charge is 0.382 e. The van der Waals surface area contributed by atoms with Crippen molar-refractivity contribution in [3.05, 3.63) is 53.6 Å². The number of nitrogens with zero attached hydrogens (tertiary/aromatic N) is 1. The van der Waals surface area contributed by atoms with Gasteiger partial charge >= 0.3 is 0 Å². The average Bonchev–Trinajstić information content (AvgIpc) is 3.32. The Hall–Kier alpha value is -2.57. The van der Waals surface area contributed by atoms with Crippen LogP contribution < -0.4 is 10.6 Å². The molecule has 0 bridgehead atoms. The number of benzene rings is 1. The minimum absolute atomic E-state index is 0.0507. The number of hydrogen-bond donors (Lipinski definition) is 2. The molecule has 0 aliphatic heterocycles. The summed E-state index contributed by atoms with van der Waals surface area (Å²) in [6.07, 6.45) is 3.59. The van der Waals surface area contributed by atoms with E-state index >= 15 is 0 Å². The smallest absolute Gasteiger partial charge is 0.274 e. The van der Waals surface area contributed by atoms with E-state index in [0.717, 1.165) is 30.7 Å². The van der Waals surface area contributed by atoms with E-state index in [1.165, 1.54) is 12.3 Å². The summed E-state index contributed by atoms with van der Waals surface area (Å²) in [5.74, 6) is -5.09. The molecule has 1 aromatic heterocycles. The molecular formula is C15H12F3N3O. The number of pyridine rings is 1. The number of carbonyl (C=O) groups excluding carboxylic acids is 1. The first-order chi connectivity index (χ1) is 10.5. The van der Waals surface area contributed by atoms with Crippen LogP contribution in [0, 0.1) is 17.5 Å². The summed E-state index contributed by atoms with van der Waals surface area (Å²) < 4.78 is 39.5. The monoisotopic (exact) mass is 307 g/mol. The van der Waals surface area contributed by atoms with Crippen LogP contribution in [-0.4, -0.2) is 16.9 Å². The van der Waals surface area contributed by atoms with Gasteiger partial charge in [-0.1, -0.05) is 0 Å². The fraction of sp³-hybridized carbons (Fsp3) is 0.200. The van der Waals surface area contributed by atoms with Crippen LogP contribution in [0.3, 0.4) is 0 Å². The van der Waals surface area contributed by atoms with Gasteiger partial charge in [-0.05, 0) is 37.1 Å². The molecule has 0 spiro atoms. The van der Waals surface area contributed by atoms with Crippen molar-refractivity contribution in [1.82, 2.24) is 4.98 Å². The zero-order valence-electron chi connectivity index (χ0n) is 11.4. The molecule has 1 heterocycles. The highest BCUT2D eigenvalue weighted by Gasteiger charge is 2.21. The number of anilines is 2. The minimum Gasteiger partial charge on any atom is -0.382 e. The molecule has 1 amide bonds. The maximum Gasteiger partial charge on any atom is 0.274 e. The lowest BCUT2D eigenvalue weighted by molar-refractivity contribution is 0.102. The van der Waals surface area contributed by atoms with Gasteiger partial charge in [-0.2, -0.15) is 0 Å². The third-order valence-electron chi connectivity index (χ3n) is 3.22. The highest BCUT2D eigenvalue weighted by molar-refractivity contribution is 6.03. The molecule has 3 rings (SSSR count). The van der Waals surface area contributed by atoms with Gasteiger partial charge in [0.05, 0.1) is 5.69 Å². The molecule has 1 fully saturated rings. The second kappa shape index (κ2) is 5.67. The van der Waals surface area contributed by atoms with Crippen molar-refractivity contribution >= 4 is 17.3 Å². The fourth-order valence-electron chi connectivity index (χ4n) is 1.92. The van der Waals surface area contributed by atoms with Crippen LogP contribution in [0.25, 0.3) is 0 Å². The lowest BCUT2D eigenvalue weighted by Gasteiger charge is -2.09. The summed E-state index contributed by atoms with van der Waals surface area (Å²) in [5, 5.41) is 5.38. The second-order valence-electron chi connectivity index (χ2n) is 5.03. The van der Waals surface area contributed by atoms with Gasteiger partial charge < -0.3 is 10.6 Å². The van der Waals surface area contributed by atoms with E-state index < -0.39 is 29.0 Å². The van der Waals surface area contributed by atoms with Crippen molar-refractivity contribution in [3.8, 4) is 0 Å². The first-order valence-electron chi connectivity index (χ1n) is 6.72. The van der Waals surface area contributed by atoms with E-state index in [1.807, 2.05) is 0 Å². The predicted molar refractivity (Wildman–Crippen MR) is 75.2 cm³/mol. The molecule has 2 N–H and O–H groups in total. The van der Waals surface area contributed by atoms with E-state index in [2.05, 4.69) is 15.6 Å². The van der Waals surface area contributed by atoms with Gasteiger partial charge in [-0.15, -0.1) is 0 Å². The van der Waals surface area contributed by atoms with Gasteiger partial charge in [0.2, 0.25) is 0 Å². The van der Waals surface area contributed by atoms with E-state index in [1.54, 1.807) is 6.07 Å². The van der Waals surface area contributed by atoms with Gasteiger partial charge in [-0.3, -0.25) is 9.78 Å². The Morgan fingerprint density at radius 3 is 2.64 bits per heavy atom. The molecule has 1 aliphatic rings. The van der Waals surface area contributed by atoms with Crippen LogP contribution >= 0.6 is 0 Å². The second-order valence-corrected chi connectivity index (χ2v) is 5.03. The molecule has 2 aromatic rings. The number of carbonyl (C=O) groups is 1. The minimum atomic E-state index is -1.63. The number of nitrogens with one attached hydrogen (secondary N) is 2. The number of rotatable bonds is 4. The molecular weight excluding hydrogens is 295 g/mol. The third kappa shape index (κ3) is 3.03. The van der Waals surface area contributed by atoms with Crippen LogP contribution in [-0.2, 0) is 0 Å². The topological polar surface area (TPSA) is 54.0 Å². The maximum atomic E-state index is 13.5. The molecule has 7 heteroatoms. The van der Waals surface area contributed by atoms with Crippen LogP contribution in [0.1, 0.15) is 23.3 Å². The molecule has 22 heavy (non-hydrogen) atoms. The molecule has 1 aromatic carbocycles. The average molecular weight is 307 g/mol. The van der Waals surface area contributed by atoms with Crippen LogP contribution in [0.2, 0.25) is 0 Å². The Balaban J connectivity index is 1.78. The van der Waals surface area contributed by atoms with Gasteiger partial charge in [0.15, 0.2) is 17.5 Å². The molecule has 114 valence electrons. The van der Waals surface area contributed by atoms with E-state index in [-0.39, 0.29) is 5.69 Å². The van der Waals surface area contributed by atoms with E-state index in [0.29, 0.717) is 6.04 Å².